The predicted octanol–water partition coefficient (Wildman–Crippen LogP) is 2.96. The smallest absolute Gasteiger partial charge is 0.417 e. The second-order valence-electron chi connectivity index (χ2n) is 7.70. The van der Waals surface area contributed by atoms with Crippen molar-refractivity contribution in [1.29, 1.82) is 5.26 Å². The number of alkyl halides is 3. The van der Waals surface area contributed by atoms with Crippen LogP contribution in [0.1, 0.15) is 38.8 Å². The molecule has 1 atom stereocenters. The summed E-state index contributed by atoms with van der Waals surface area (Å²) in [7, 11) is 0. The Morgan fingerprint density at radius 1 is 1.38 bits per heavy atom. The fourth-order valence-electron chi connectivity index (χ4n) is 2.92. The lowest BCUT2D eigenvalue weighted by molar-refractivity contribution is -0.139. The number of amides is 1. The molecule has 1 fully saturated rings. The van der Waals surface area contributed by atoms with E-state index in [9.17, 15) is 23.1 Å². The molecule has 1 heterocycles. The largest absolute Gasteiger partial charge is 0.480 e. The molecule has 1 aliphatic heterocycles. The molecule has 5 nitrogen and oxygen atoms in total. The molecule has 1 saturated heterocycles. The standard InChI is InChI=1S/C18H21F3N2O3/c1-16(2)9-23(17(3,4)10-24)15(25)14(16)26-12-6-5-11(8-22)13(7-12)18(19,20)21/h5-7,14,24H,9-10H2,1-4H3/t14-/m0/s1. The number of likely N-dealkylation sites (tertiary alicyclic amines) is 1. The minimum atomic E-state index is -4.70. The number of nitriles is 1. The van der Waals surface area contributed by atoms with Crippen LogP contribution >= 0.6 is 0 Å². The maximum Gasteiger partial charge on any atom is 0.417 e. The Morgan fingerprint density at radius 2 is 2.00 bits per heavy atom. The van der Waals surface area contributed by atoms with E-state index in [4.69, 9.17) is 10.00 Å². The van der Waals surface area contributed by atoms with E-state index in [-0.39, 0.29) is 12.4 Å². The van der Waals surface area contributed by atoms with Gasteiger partial charge in [-0.25, -0.2) is 0 Å². The predicted molar refractivity (Wildman–Crippen MR) is 87.2 cm³/mol. The fourth-order valence-corrected chi connectivity index (χ4v) is 2.92. The molecule has 8 heteroatoms. The van der Waals surface area contributed by atoms with Gasteiger partial charge in [0.2, 0.25) is 0 Å². The van der Waals surface area contributed by atoms with Crippen molar-refractivity contribution in [3.63, 3.8) is 0 Å². The first kappa shape index (κ1) is 20.0. The van der Waals surface area contributed by atoms with Crippen molar-refractivity contribution in [3.8, 4) is 11.8 Å². The van der Waals surface area contributed by atoms with E-state index in [2.05, 4.69) is 0 Å². The van der Waals surface area contributed by atoms with E-state index in [1.54, 1.807) is 27.7 Å². The second kappa shape index (κ2) is 6.47. The molecule has 0 spiro atoms. The molecule has 1 aromatic rings. The number of rotatable bonds is 4. The highest BCUT2D eigenvalue weighted by Crippen LogP contribution is 2.39. The molecule has 1 N–H and O–H groups in total. The van der Waals surface area contributed by atoms with Gasteiger partial charge in [-0.05, 0) is 32.0 Å². The molecule has 0 bridgehead atoms. The fraction of sp³-hybridized carbons (Fsp3) is 0.556. The number of halogens is 3. The van der Waals surface area contributed by atoms with E-state index in [0.717, 1.165) is 12.1 Å². The molecule has 26 heavy (non-hydrogen) atoms. The Kier molecular flexibility index (Phi) is 4.99. The summed E-state index contributed by atoms with van der Waals surface area (Å²) < 4.78 is 45.0. The first-order valence-electron chi connectivity index (χ1n) is 8.04. The van der Waals surface area contributed by atoms with Crippen LogP contribution in [0.2, 0.25) is 0 Å². The van der Waals surface area contributed by atoms with E-state index in [1.807, 2.05) is 0 Å². The number of aliphatic hydroxyl groups is 1. The maximum absolute atomic E-state index is 13.1. The average Bonchev–Trinajstić information content (AvgIpc) is 2.78. The summed E-state index contributed by atoms with van der Waals surface area (Å²) >= 11 is 0. The Bertz CT molecular complexity index is 751. The molecule has 0 aliphatic carbocycles. The Balaban J connectivity index is 2.36. The van der Waals surface area contributed by atoms with Gasteiger partial charge in [0, 0.05) is 12.0 Å². The molecule has 0 aromatic heterocycles. The third-order valence-corrected chi connectivity index (χ3v) is 4.55. The Morgan fingerprint density at radius 3 is 2.50 bits per heavy atom. The zero-order valence-corrected chi connectivity index (χ0v) is 15.0. The van der Waals surface area contributed by atoms with Crippen LogP contribution < -0.4 is 4.74 Å². The molecule has 142 valence electrons. The lowest BCUT2D eigenvalue weighted by atomic mass is 9.89. The van der Waals surface area contributed by atoms with Crippen molar-refractivity contribution in [2.24, 2.45) is 5.41 Å². The van der Waals surface area contributed by atoms with Gasteiger partial charge in [-0.15, -0.1) is 0 Å². The molecule has 0 unspecified atom stereocenters. The van der Waals surface area contributed by atoms with Crippen LogP contribution in [0.25, 0.3) is 0 Å². The highest BCUT2D eigenvalue weighted by Gasteiger charge is 2.52. The van der Waals surface area contributed by atoms with Gasteiger partial charge in [-0.1, -0.05) is 13.8 Å². The average molecular weight is 370 g/mol. The molecular formula is C18H21F3N2O3. The molecule has 1 aliphatic rings. The van der Waals surface area contributed by atoms with Gasteiger partial charge in [0.05, 0.1) is 29.3 Å². The van der Waals surface area contributed by atoms with E-state index < -0.39 is 40.3 Å². The summed E-state index contributed by atoms with van der Waals surface area (Å²) in [6, 6.07) is 4.52. The third kappa shape index (κ3) is 3.63. The van der Waals surface area contributed by atoms with Crippen LogP contribution in [0, 0.1) is 16.7 Å². The first-order chi connectivity index (χ1) is 11.8. The number of benzene rings is 1. The number of carbonyl (C=O) groups excluding carboxylic acids is 1. The summed E-state index contributed by atoms with van der Waals surface area (Å²) in [5.74, 6) is -0.529. The summed E-state index contributed by atoms with van der Waals surface area (Å²) in [6.07, 6.45) is -5.70. The second-order valence-corrected chi connectivity index (χ2v) is 7.70. The van der Waals surface area contributed by atoms with Crippen LogP contribution in [0.15, 0.2) is 18.2 Å². The van der Waals surface area contributed by atoms with E-state index in [1.165, 1.54) is 17.0 Å². The van der Waals surface area contributed by atoms with Crippen molar-refractivity contribution < 1.29 is 27.8 Å². The van der Waals surface area contributed by atoms with Gasteiger partial charge >= 0.3 is 6.18 Å². The monoisotopic (exact) mass is 370 g/mol. The lowest BCUT2D eigenvalue weighted by Crippen LogP contribution is -2.49. The number of hydrogen-bond acceptors (Lipinski definition) is 4. The molecule has 1 amide bonds. The zero-order chi connectivity index (χ0) is 19.9. The quantitative estimate of drug-likeness (QED) is 0.884. The molecule has 0 radical (unpaired) electrons. The van der Waals surface area contributed by atoms with Gasteiger partial charge in [0.25, 0.3) is 5.91 Å². The van der Waals surface area contributed by atoms with Gasteiger partial charge in [-0.2, -0.15) is 18.4 Å². The molecule has 1 aromatic carbocycles. The van der Waals surface area contributed by atoms with Crippen molar-refractivity contribution in [3.05, 3.63) is 29.3 Å². The third-order valence-electron chi connectivity index (χ3n) is 4.55. The molecule has 0 saturated carbocycles. The zero-order valence-electron chi connectivity index (χ0n) is 15.0. The summed E-state index contributed by atoms with van der Waals surface area (Å²) in [4.78, 5) is 14.2. The lowest BCUT2D eigenvalue weighted by Gasteiger charge is -2.34. The summed E-state index contributed by atoms with van der Waals surface area (Å²) in [5, 5.41) is 18.4. The van der Waals surface area contributed by atoms with Crippen LogP contribution in [0.4, 0.5) is 13.2 Å². The van der Waals surface area contributed by atoms with Crippen LogP contribution in [0.5, 0.6) is 5.75 Å². The number of ether oxygens (including phenoxy) is 1. The number of hydrogen-bond donors (Lipinski definition) is 1. The van der Waals surface area contributed by atoms with Crippen molar-refractivity contribution in [2.75, 3.05) is 13.2 Å². The van der Waals surface area contributed by atoms with Gasteiger partial charge in [0.1, 0.15) is 5.75 Å². The van der Waals surface area contributed by atoms with Crippen LogP contribution in [0.3, 0.4) is 0 Å². The topological polar surface area (TPSA) is 73.6 Å². The van der Waals surface area contributed by atoms with Crippen molar-refractivity contribution >= 4 is 5.91 Å². The number of nitrogens with zero attached hydrogens (tertiary/aromatic N) is 2. The normalized spacial score (nSPS) is 20.2. The maximum atomic E-state index is 13.1. The first-order valence-corrected chi connectivity index (χ1v) is 8.04. The highest BCUT2D eigenvalue weighted by atomic mass is 19.4. The van der Waals surface area contributed by atoms with Gasteiger partial charge in [-0.3, -0.25) is 4.79 Å². The summed E-state index contributed by atoms with van der Waals surface area (Å²) in [6.45, 7) is 7.00. The minimum absolute atomic E-state index is 0.133. The summed E-state index contributed by atoms with van der Waals surface area (Å²) in [5.41, 5.74) is -3.09. The van der Waals surface area contributed by atoms with E-state index >= 15 is 0 Å². The number of aliphatic hydroxyl groups excluding tert-OH is 1. The Labute approximate surface area is 150 Å². The number of carbonyl (C=O) groups is 1. The van der Waals surface area contributed by atoms with Gasteiger partial charge < -0.3 is 14.7 Å². The molecule has 2 rings (SSSR count). The van der Waals surface area contributed by atoms with Crippen molar-refractivity contribution in [1.82, 2.24) is 4.90 Å². The SMILES string of the molecule is CC1(C)CN(C(C)(C)CO)C(=O)[C@@H]1Oc1ccc(C#N)c(C(F)(F)F)c1. The molecular weight excluding hydrogens is 349 g/mol. The highest BCUT2D eigenvalue weighted by molar-refractivity contribution is 5.85. The van der Waals surface area contributed by atoms with Crippen LogP contribution in [-0.2, 0) is 11.0 Å². The van der Waals surface area contributed by atoms with Gasteiger partial charge in [0.15, 0.2) is 6.10 Å². The minimum Gasteiger partial charge on any atom is -0.480 e. The van der Waals surface area contributed by atoms with Crippen molar-refractivity contribution in [2.45, 2.75) is 45.5 Å². The van der Waals surface area contributed by atoms with E-state index in [0.29, 0.717) is 6.54 Å². The van der Waals surface area contributed by atoms with Crippen LogP contribution in [-0.4, -0.2) is 40.7 Å². The Hall–Kier alpha value is -2.27.